The van der Waals surface area contributed by atoms with Gasteiger partial charge in [0.15, 0.2) is 0 Å². The van der Waals surface area contributed by atoms with Crippen LogP contribution in [0.5, 0.6) is 5.75 Å². The van der Waals surface area contributed by atoms with E-state index in [2.05, 4.69) is 17.1 Å². The van der Waals surface area contributed by atoms with E-state index in [0.29, 0.717) is 19.2 Å². The van der Waals surface area contributed by atoms with Crippen LogP contribution >= 0.6 is 0 Å². The van der Waals surface area contributed by atoms with Crippen LogP contribution < -0.4 is 10.1 Å². The fourth-order valence-electron chi connectivity index (χ4n) is 2.92. The van der Waals surface area contributed by atoms with Gasteiger partial charge in [-0.1, -0.05) is 19.1 Å². The number of hydrogen-bond acceptors (Lipinski definition) is 4. The molecular weight excluding hydrogens is 264 g/mol. The molecule has 1 aromatic carbocycles. The second-order valence-electron chi connectivity index (χ2n) is 5.86. The van der Waals surface area contributed by atoms with Gasteiger partial charge in [0.1, 0.15) is 18.5 Å². The number of ether oxygens (including phenoxy) is 1. The number of hydrogen-bond donors (Lipinski definition) is 2. The standard InChI is InChI=1S/C17H28N2O2/c1-3-19-9-5-7-15(19)11-18-12-16(20)13-21-17-8-4-6-14(2)10-17/h4,6,8,10,15-16,18,20H,3,5,7,9,11-13H2,1-2H3. The second-order valence-corrected chi connectivity index (χ2v) is 5.86. The normalized spacial score (nSPS) is 20.6. The first-order valence-electron chi connectivity index (χ1n) is 8.01. The Morgan fingerprint density at radius 1 is 1.48 bits per heavy atom. The summed E-state index contributed by atoms with van der Waals surface area (Å²) in [6, 6.07) is 8.53. The second kappa shape index (κ2) is 8.37. The molecule has 4 nitrogen and oxygen atoms in total. The Balaban J connectivity index is 1.62. The van der Waals surface area contributed by atoms with Gasteiger partial charge in [0, 0.05) is 19.1 Å². The predicted octanol–water partition coefficient (Wildman–Crippen LogP) is 1.81. The molecule has 4 heteroatoms. The van der Waals surface area contributed by atoms with Gasteiger partial charge in [0.05, 0.1) is 0 Å². The number of benzene rings is 1. The summed E-state index contributed by atoms with van der Waals surface area (Å²) < 4.78 is 5.61. The average molecular weight is 292 g/mol. The molecule has 0 aromatic heterocycles. The number of likely N-dealkylation sites (tertiary alicyclic amines) is 1. The van der Waals surface area contributed by atoms with Gasteiger partial charge < -0.3 is 15.2 Å². The largest absolute Gasteiger partial charge is 0.491 e. The third-order valence-corrected chi connectivity index (χ3v) is 4.10. The summed E-state index contributed by atoms with van der Waals surface area (Å²) >= 11 is 0. The molecule has 2 unspecified atom stereocenters. The van der Waals surface area contributed by atoms with Gasteiger partial charge in [-0.25, -0.2) is 0 Å². The van der Waals surface area contributed by atoms with Crippen LogP contribution in [0.3, 0.4) is 0 Å². The van der Waals surface area contributed by atoms with E-state index in [0.717, 1.165) is 18.8 Å². The van der Waals surface area contributed by atoms with Gasteiger partial charge in [-0.2, -0.15) is 0 Å². The van der Waals surface area contributed by atoms with E-state index >= 15 is 0 Å². The van der Waals surface area contributed by atoms with Gasteiger partial charge in [0.25, 0.3) is 0 Å². The van der Waals surface area contributed by atoms with Crippen molar-refractivity contribution in [3.05, 3.63) is 29.8 Å². The van der Waals surface area contributed by atoms with Gasteiger partial charge in [0.2, 0.25) is 0 Å². The van der Waals surface area contributed by atoms with Crippen LogP contribution in [0.15, 0.2) is 24.3 Å². The van der Waals surface area contributed by atoms with Crippen LogP contribution in [0.1, 0.15) is 25.3 Å². The highest BCUT2D eigenvalue weighted by Gasteiger charge is 2.22. The molecule has 1 aliphatic heterocycles. The summed E-state index contributed by atoms with van der Waals surface area (Å²) in [5, 5.41) is 13.3. The first-order valence-corrected chi connectivity index (χ1v) is 8.01. The molecule has 1 aromatic rings. The van der Waals surface area contributed by atoms with Crippen molar-refractivity contribution in [1.82, 2.24) is 10.2 Å². The maximum absolute atomic E-state index is 9.98. The highest BCUT2D eigenvalue weighted by molar-refractivity contribution is 5.27. The van der Waals surface area contributed by atoms with E-state index in [1.807, 2.05) is 31.2 Å². The molecule has 0 saturated carbocycles. The molecule has 1 saturated heterocycles. The molecule has 0 spiro atoms. The predicted molar refractivity (Wildman–Crippen MR) is 85.8 cm³/mol. The van der Waals surface area contributed by atoms with Crippen molar-refractivity contribution in [2.24, 2.45) is 0 Å². The smallest absolute Gasteiger partial charge is 0.119 e. The van der Waals surface area contributed by atoms with Crippen molar-refractivity contribution >= 4 is 0 Å². The third kappa shape index (κ3) is 5.30. The summed E-state index contributed by atoms with van der Waals surface area (Å²) in [5.41, 5.74) is 1.17. The number of rotatable bonds is 8. The lowest BCUT2D eigenvalue weighted by Crippen LogP contribution is -2.41. The molecule has 0 bridgehead atoms. The van der Waals surface area contributed by atoms with Gasteiger partial charge in [-0.15, -0.1) is 0 Å². The Morgan fingerprint density at radius 2 is 2.33 bits per heavy atom. The van der Waals surface area contributed by atoms with Crippen LogP contribution in [0.25, 0.3) is 0 Å². The van der Waals surface area contributed by atoms with E-state index in [9.17, 15) is 5.11 Å². The van der Waals surface area contributed by atoms with Crippen LogP contribution in [0.2, 0.25) is 0 Å². The summed E-state index contributed by atoms with van der Waals surface area (Å²) in [6.07, 6.45) is 2.08. The number of nitrogens with one attached hydrogen (secondary N) is 1. The highest BCUT2D eigenvalue weighted by atomic mass is 16.5. The Hall–Kier alpha value is -1.10. The lowest BCUT2D eigenvalue weighted by molar-refractivity contribution is 0.104. The van der Waals surface area contributed by atoms with Crippen molar-refractivity contribution in [3.8, 4) is 5.75 Å². The third-order valence-electron chi connectivity index (χ3n) is 4.10. The van der Waals surface area contributed by atoms with Crippen LogP contribution in [-0.4, -0.2) is 54.9 Å². The molecule has 1 heterocycles. The number of aliphatic hydroxyl groups excluding tert-OH is 1. The van der Waals surface area contributed by atoms with Crippen LogP contribution in [0.4, 0.5) is 0 Å². The average Bonchev–Trinajstić information content (AvgIpc) is 2.93. The van der Waals surface area contributed by atoms with Crippen LogP contribution in [-0.2, 0) is 0 Å². The Labute approximate surface area is 128 Å². The maximum atomic E-state index is 9.98. The van der Waals surface area contributed by atoms with Crippen molar-refractivity contribution in [2.75, 3.05) is 32.8 Å². The topological polar surface area (TPSA) is 44.7 Å². The lowest BCUT2D eigenvalue weighted by Gasteiger charge is -2.23. The number of nitrogens with zero attached hydrogens (tertiary/aromatic N) is 1. The highest BCUT2D eigenvalue weighted by Crippen LogP contribution is 2.15. The molecule has 2 rings (SSSR count). The monoisotopic (exact) mass is 292 g/mol. The quantitative estimate of drug-likeness (QED) is 0.767. The minimum atomic E-state index is -0.470. The van der Waals surface area contributed by atoms with E-state index in [4.69, 9.17) is 4.74 Å². The summed E-state index contributed by atoms with van der Waals surface area (Å²) in [5.74, 6) is 0.821. The van der Waals surface area contributed by atoms with E-state index < -0.39 is 6.10 Å². The fourth-order valence-corrected chi connectivity index (χ4v) is 2.92. The minimum Gasteiger partial charge on any atom is -0.491 e. The first-order chi connectivity index (χ1) is 10.2. The van der Waals surface area contributed by atoms with E-state index in [1.54, 1.807) is 0 Å². The Bertz CT molecular complexity index is 425. The molecule has 118 valence electrons. The molecule has 21 heavy (non-hydrogen) atoms. The van der Waals surface area contributed by atoms with Crippen molar-refractivity contribution in [3.63, 3.8) is 0 Å². The van der Waals surface area contributed by atoms with Crippen molar-refractivity contribution in [2.45, 2.75) is 38.8 Å². The van der Waals surface area contributed by atoms with Gasteiger partial charge >= 0.3 is 0 Å². The molecule has 2 N–H and O–H groups in total. The van der Waals surface area contributed by atoms with Crippen molar-refractivity contribution in [1.29, 1.82) is 0 Å². The fraction of sp³-hybridized carbons (Fsp3) is 0.647. The molecule has 2 atom stereocenters. The summed E-state index contributed by atoms with van der Waals surface area (Å²) in [4.78, 5) is 2.50. The Kier molecular flexibility index (Phi) is 6.49. The van der Waals surface area contributed by atoms with E-state index in [-0.39, 0.29) is 0 Å². The number of aryl methyl sites for hydroxylation is 1. The zero-order valence-corrected chi connectivity index (χ0v) is 13.2. The summed E-state index contributed by atoms with van der Waals surface area (Å²) in [6.45, 7) is 8.44. The maximum Gasteiger partial charge on any atom is 0.119 e. The molecule has 0 aliphatic carbocycles. The molecule has 1 aliphatic rings. The summed E-state index contributed by atoms with van der Waals surface area (Å²) in [7, 11) is 0. The number of likely N-dealkylation sites (N-methyl/N-ethyl adjacent to an activating group) is 1. The van der Waals surface area contributed by atoms with Crippen LogP contribution in [0, 0.1) is 6.92 Å². The van der Waals surface area contributed by atoms with Gasteiger partial charge in [-0.05, 0) is 50.6 Å². The van der Waals surface area contributed by atoms with Crippen molar-refractivity contribution < 1.29 is 9.84 Å². The SMILES string of the molecule is CCN1CCCC1CNCC(O)COc1cccc(C)c1. The van der Waals surface area contributed by atoms with E-state index in [1.165, 1.54) is 24.9 Å². The minimum absolute atomic E-state index is 0.332. The molecular formula is C17H28N2O2. The lowest BCUT2D eigenvalue weighted by atomic mass is 10.2. The zero-order chi connectivity index (χ0) is 15.1. The zero-order valence-electron chi connectivity index (χ0n) is 13.2. The Morgan fingerprint density at radius 3 is 3.10 bits per heavy atom. The van der Waals surface area contributed by atoms with Gasteiger partial charge in [-0.3, -0.25) is 4.90 Å². The first kappa shape index (κ1) is 16.3. The molecule has 0 radical (unpaired) electrons. The number of aliphatic hydroxyl groups is 1. The molecule has 0 amide bonds. The molecule has 1 fully saturated rings.